The maximum atomic E-state index is 13.1. The Morgan fingerprint density at radius 1 is 0.737 bits per heavy atom. The van der Waals surface area contributed by atoms with Crippen LogP contribution in [0.25, 0.3) is 0 Å². The van der Waals surface area contributed by atoms with Gasteiger partial charge in [-0.2, -0.15) is 0 Å². The van der Waals surface area contributed by atoms with Crippen LogP contribution in [-0.4, -0.2) is 74.4 Å². The number of hydrogen-bond donors (Lipinski definition) is 2. The predicted molar refractivity (Wildman–Crippen MR) is 65.7 cm³/mol. The molecule has 0 amide bonds. The Bertz CT molecular complexity index is 202. The average molecular weight is 286 g/mol. The van der Waals surface area contributed by atoms with Gasteiger partial charge in [0.05, 0.1) is 52.9 Å². The molecule has 0 aromatic rings. The number of alkyl halides is 2. The molecule has 2 N–H and O–H groups in total. The fraction of sp³-hybridized carbons (Fsp3) is 1.00. The molecule has 0 aromatic heterocycles. The van der Waals surface area contributed by atoms with Gasteiger partial charge >= 0.3 is 0 Å². The van der Waals surface area contributed by atoms with Gasteiger partial charge in [-0.05, 0) is 13.8 Å². The molecule has 2 atom stereocenters. The van der Waals surface area contributed by atoms with Crippen LogP contribution < -0.4 is 0 Å². The summed E-state index contributed by atoms with van der Waals surface area (Å²) in [6.45, 7) is 1.86. The first-order chi connectivity index (χ1) is 8.83. The van der Waals surface area contributed by atoms with E-state index in [1.165, 1.54) is 13.8 Å². The highest BCUT2D eigenvalue weighted by molar-refractivity contribution is 4.70. The smallest absolute Gasteiger partial charge is 0.154 e. The topological polar surface area (TPSA) is 68.2 Å². The van der Waals surface area contributed by atoms with Crippen LogP contribution in [0.15, 0.2) is 0 Å². The minimum Gasteiger partial charge on any atom is -0.393 e. The zero-order valence-corrected chi connectivity index (χ0v) is 11.5. The molecule has 0 aliphatic carbocycles. The van der Waals surface area contributed by atoms with Crippen molar-refractivity contribution in [3.05, 3.63) is 0 Å². The third kappa shape index (κ3) is 11.2. The highest BCUT2D eigenvalue weighted by atomic mass is 19.1. The van der Waals surface area contributed by atoms with Crippen LogP contribution >= 0.6 is 0 Å². The number of halogens is 2. The largest absolute Gasteiger partial charge is 0.393 e. The standard InChI is InChI=1S/C12H24F2O5/c1-11(13,7-15)9-18-5-3-17-4-6-19-10-12(2,14)8-16/h15-16H,3-10H2,1-2H3. The van der Waals surface area contributed by atoms with Gasteiger partial charge in [-0.3, -0.25) is 0 Å². The van der Waals surface area contributed by atoms with Crippen LogP contribution in [-0.2, 0) is 14.2 Å². The van der Waals surface area contributed by atoms with Crippen molar-refractivity contribution in [2.75, 3.05) is 52.9 Å². The molecule has 0 aliphatic heterocycles. The summed E-state index contributed by atoms with van der Waals surface area (Å²) in [5, 5.41) is 17.3. The second-order valence-corrected chi connectivity index (χ2v) is 4.86. The summed E-state index contributed by atoms with van der Waals surface area (Å²) in [5.41, 5.74) is -3.47. The number of aliphatic hydroxyl groups is 2. The second-order valence-electron chi connectivity index (χ2n) is 4.86. The van der Waals surface area contributed by atoms with E-state index in [2.05, 4.69) is 0 Å². The van der Waals surface area contributed by atoms with Gasteiger partial charge in [-0.1, -0.05) is 0 Å². The Kier molecular flexibility index (Phi) is 9.38. The molecule has 0 rings (SSSR count). The zero-order chi connectivity index (χ0) is 14.8. The van der Waals surface area contributed by atoms with Crippen LogP contribution in [0.4, 0.5) is 8.78 Å². The lowest BCUT2D eigenvalue weighted by Crippen LogP contribution is -2.31. The van der Waals surface area contributed by atoms with Crippen molar-refractivity contribution in [2.24, 2.45) is 0 Å². The molecule has 0 heterocycles. The van der Waals surface area contributed by atoms with Gasteiger partial charge in [0.1, 0.15) is 0 Å². The molecule has 0 radical (unpaired) electrons. The summed E-state index contributed by atoms with van der Waals surface area (Å²) in [5.74, 6) is 0. The van der Waals surface area contributed by atoms with Crippen molar-refractivity contribution in [3.8, 4) is 0 Å². The average Bonchev–Trinajstić information content (AvgIpc) is 2.36. The van der Waals surface area contributed by atoms with Gasteiger partial charge in [0.2, 0.25) is 0 Å². The Morgan fingerprint density at radius 2 is 1.05 bits per heavy atom. The van der Waals surface area contributed by atoms with E-state index in [0.29, 0.717) is 0 Å². The lowest BCUT2D eigenvalue weighted by Gasteiger charge is -2.17. The summed E-state index contributed by atoms with van der Waals surface area (Å²) < 4.78 is 41.4. The summed E-state index contributed by atoms with van der Waals surface area (Å²) in [6, 6.07) is 0. The molecule has 2 unspecified atom stereocenters. The second kappa shape index (κ2) is 9.55. The first-order valence-electron chi connectivity index (χ1n) is 6.16. The molecule has 19 heavy (non-hydrogen) atoms. The van der Waals surface area contributed by atoms with Crippen molar-refractivity contribution < 1.29 is 33.2 Å². The van der Waals surface area contributed by atoms with Crippen molar-refractivity contribution in [3.63, 3.8) is 0 Å². The fourth-order valence-corrected chi connectivity index (χ4v) is 0.999. The third-order valence-corrected chi connectivity index (χ3v) is 2.21. The molecular weight excluding hydrogens is 262 g/mol. The van der Waals surface area contributed by atoms with Crippen LogP contribution in [0.1, 0.15) is 13.8 Å². The minimum atomic E-state index is -1.74. The lowest BCUT2D eigenvalue weighted by molar-refractivity contribution is -0.0461. The molecule has 0 bridgehead atoms. The van der Waals surface area contributed by atoms with Gasteiger partial charge in [0, 0.05) is 0 Å². The van der Waals surface area contributed by atoms with Crippen molar-refractivity contribution in [1.29, 1.82) is 0 Å². The van der Waals surface area contributed by atoms with E-state index in [1.54, 1.807) is 0 Å². The van der Waals surface area contributed by atoms with Crippen molar-refractivity contribution in [1.82, 2.24) is 0 Å². The van der Waals surface area contributed by atoms with Gasteiger partial charge in [-0.25, -0.2) is 8.78 Å². The van der Waals surface area contributed by atoms with Gasteiger partial charge in [0.15, 0.2) is 11.3 Å². The maximum Gasteiger partial charge on any atom is 0.154 e. The molecule has 0 fully saturated rings. The molecule has 0 saturated heterocycles. The van der Waals surface area contributed by atoms with Crippen LogP contribution in [0.3, 0.4) is 0 Å². The Hall–Kier alpha value is -0.340. The summed E-state index contributed by atoms with van der Waals surface area (Å²) in [6.07, 6.45) is 0. The molecule has 0 saturated carbocycles. The SMILES string of the molecule is CC(F)(CO)COCCOCCOCC(C)(F)CO. The van der Waals surface area contributed by atoms with E-state index in [4.69, 9.17) is 24.4 Å². The molecule has 116 valence electrons. The lowest BCUT2D eigenvalue weighted by atomic mass is 10.2. The van der Waals surface area contributed by atoms with Crippen molar-refractivity contribution in [2.45, 2.75) is 25.2 Å². The Morgan fingerprint density at radius 3 is 1.37 bits per heavy atom. The Balaban J connectivity index is 3.29. The number of aliphatic hydroxyl groups excluding tert-OH is 2. The molecular formula is C12H24F2O5. The normalized spacial score (nSPS) is 18.0. The maximum absolute atomic E-state index is 13.1. The molecule has 0 aromatic carbocycles. The summed E-state index contributed by atoms with van der Waals surface area (Å²) >= 11 is 0. The number of ether oxygens (including phenoxy) is 3. The van der Waals surface area contributed by atoms with Crippen LogP contribution in [0.5, 0.6) is 0 Å². The first-order valence-corrected chi connectivity index (χ1v) is 6.16. The quantitative estimate of drug-likeness (QED) is 0.511. The summed E-state index contributed by atoms with van der Waals surface area (Å²) in [4.78, 5) is 0. The first kappa shape index (κ1) is 18.7. The summed E-state index contributed by atoms with van der Waals surface area (Å²) in [7, 11) is 0. The van der Waals surface area contributed by atoms with E-state index >= 15 is 0 Å². The van der Waals surface area contributed by atoms with Gasteiger partial charge in [0.25, 0.3) is 0 Å². The fourth-order valence-electron chi connectivity index (χ4n) is 0.999. The molecule has 7 heteroatoms. The highest BCUT2D eigenvalue weighted by Gasteiger charge is 2.22. The van der Waals surface area contributed by atoms with E-state index < -0.39 is 24.6 Å². The zero-order valence-electron chi connectivity index (χ0n) is 11.5. The minimum absolute atomic E-state index is 0.194. The molecule has 0 spiro atoms. The van der Waals surface area contributed by atoms with Crippen LogP contribution in [0, 0.1) is 0 Å². The number of hydrogen-bond acceptors (Lipinski definition) is 5. The van der Waals surface area contributed by atoms with E-state index in [0.717, 1.165) is 0 Å². The molecule has 5 nitrogen and oxygen atoms in total. The van der Waals surface area contributed by atoms with Gasteiger partial charge in [-0.15, -0.1) is 0 Å². The van der Waals surface area contributed by atoms with E-state index in [-0.39, 0.29) is 39.6 Å². The predicted octanol–water partition coefficient (Wildman–Crippen LogP) is 0.477. The third-order valence-electron chi connectivity index (χ3n) is 2.21. The van der Waals surface area contributed by atoms with Gasteiger partial charge < -0.3 is 24.4 Å². The molecule has 0 aliphatic rings. The highest BCUT2D eigenvalue weighted by Crippen LogP contribution is 2.09. The monoisotopic (exact) mass is 286 g/mol. The van der Waals surface area contributed by atoms with Crippen molar-refractivity contribution >= 4 is 0 Å². The van der Waals surface area contributed by atoms with Crippen LogP contribution in [0.2, 0.25) is 0 Å². The van der Waals surface area contributed by atoms with E-state index in [9.17, 15) is 8.78 Å². The van der Waals surface area contributed by atoms with E-state index in [1.807, 2.05) is 0 Å². The Labute approximate surface area is 112 Å². The number of rotatable bonds is 12.